The van der Waals surface area contributed by atoms with Crippen LogP contribution in [0.4, 0.5) is 4.39 Å². The molecule has 0 aliphatic rings. The molecule has 4 aromatic heterocycles. The molecule has 0 aliphatic carbocycles. The molecule has 1 aromatic carbocycles. The highest BCUT2D eigenvalue weighted by atomic mass is 19.1. The Labute approximate surface area is 146 Å². The minimum atomic E-state index is -0.353. The maximum Gasteiger partial charge on any atom is 0.251 e. The van der Waals surface area contributed by atoms with Crippen LogP contribution in [0, 0.1) is 5.82 Å². The van der Waals surface area contributed by atoms with Gasteiger partial charge in [-0.1, -0.05) is 12.1 Å². The van der Waals surface area contributed by atoms with E-state index in [0.29, 0.717) is 39.9 Å². The summed E-state index contributed by atoms with van der Waals surface area (Å²) < 4.78 is 26.6. The van der Waals surface area contributed by atoms with Gasteiger partial charge in [0.1, 0.15) is 11.5 Å². The Hall–Kier alpha value is -3.74. The van der Waals surface area contributed by atoms with Crippen LogP contribution in [0.15, 0.2) is 76.1 Å². The molecule has 6 nitrogen and oxygen atoms in total. The summed E-state index contributed by atoms with van der Waals surface area (Å²) in [4.78, 5) is 8.98. The zero-order chi connectivity index (χ0) is 17.5. The normalized spacial score (nSPS) is 11.3. The van der Waals surface area contributed by atoms with Crippen LogP contribution in [0.2, 0.25) is 0 Å². The van der Waals surface area contributed by atoms with E-state index in [1.54, 1.807) is 61.2 Å². The van der Waals surface area contributed by atoms with Crippen molar-refractivity contribution in [1.82, 2.24) is 19.6 Å². The standard InChI is InChI=1S/C19H11FN4O2/c20-13-6-2-1-5-12(13)14-11-24-19(21-14)22-17(15-7-3-9-25-15)18(23-24)16-8-4-10-26-16/h1-11H. The van der Waals surface area contributed by atoms with E-state index < -0.39 is 0 Å². The lowest BCUT2D eigenvalue weighted by Gasteiger charge is -2.03. The number of hydrogen-bond acceptors (Lipinski definition) is 5. The predicted molar refractivity (Wildman–Crippen MR) is 91.6 cm³/mol. The van der Waals surface area contributed by atoms with Crippen molar-refractivity contribution in [2.75, 3.05) is 0 Å². The molecule has 0 unspecified atom stereocenters. The summed E-state index contributed by atoms with van der Waals surface area (Å²) in [6, 6.07) is 13.6. The van der Waals surface area contributed by atoms with Crippen LogP contribution in [0.5, 0.6) is 0 Å². The van der Waals surface area contributed by atoms with Gasteiger partial charge in [-0.15, -0.1) is 0 Å². The van der Waals surface area contributed by atoms with Crippen LogP contribution in [0.1, 0.15) is 0 Å². The number of hydrogen-bond donors (Lipinski definition) is 0. The highest BCUT2D eigenvalue weighted by Crippen LogP contribution is 2.30. The molecule has 0 saturated heterocycles. The predicted octanol–water partition coefficient (Wildman–Crippen LogP) is 4.45. The Morgan fingerprint density at radius 2 is 1.54 bits per heavy atom. The Balaban J connectivity index is 1.76. The smallest absolute Gasteiger partial charge is 0.251 e. The monoisotopic (exact) mass is 346 g/mol. The van der Waals surface area contributed by atoms with Gasteiger partial charge in [0, 0.05) is 5.56 Å². The molecule has 0 spiro atoms. The Morgan fingerprint density at radius 3 is 2.23 bits per heavy atom. The Bertz CT molecular complexity index is 1120. The van der Waals surface area contributed by atoms with Crippen LogP contribution in [0.3, 0.4) is 0 Å². The van der Waals surface area contributed by atoms with Gasteiger partial charge in [-0.3, -0.25) is 0 Å². The third-order valence-corrected chi connectivity index (χ3v) is 3.97. The number of fused-ring (bicyclic) bond motifs is 1. The molecule has 126 valence electrons. The number of nitrogens with zero attached hydrogens (tertiary/aromatic N) is 4. The maximum atomic E-state index is 14.1. The first-order valence-corrected chi connectivity index (χ1v) is 7.90. The molecule has 0 aliphatic heterocycles. The lowest BCUT2D eigenvalue weighted by atomic mass is 10.1. The fourth-order valence-corrected chi connectivity index (χ4v) is 2.78. The average Bonchev–Trinajstić information content (AvgIpc) is 3.40. The lowest BCUT2D eigenvalue weighted by molar-refractivity contribution is 0.569. The van der Waals surface area contributed by atoms with Gasteiger partial charge in [0.05, 0.1) is 24.4 Å². The van der Waals surface area contributed by atoms with Gasteiger partial charge in [0.25, 0.3) is 5.78 Å². The summed E-state index contributed by atoms with van der Waals surface area (Å²) in [5.74, 6) is 1.08. The first kappa shape index (κ1) is 14.6. The third-order valence-electron chi connectivity index (χ3n) is 3.97. The van der Waals surface area contributed by atoms with E-state index in [-0.39, 0.29) is 5.82 Å². The highest BCUT2D eigenvalue weighted by molar-refractivity contribution is 5.73. The van der Waals surface area contributed by atoms with E-state index in [9.17, 15) is 4.39 Å². The number of aromatic nitrogens is 4. The second kappa shape index (κ2) is 5.66. The van der Waals surface area contributed by atoms with Crippen molar-refractivity contribution in [2.24, 2.45) is 0 Å². The molecule has 0 amide bonds. The van der Waals surface area contributed by atoms with E-state index in [2.05, 4.69) is 15.1 Å². The van der Waals surface area contributed by atoms with Gasteiger partial charge in [-0.25, -0.2) is 18.9 Å². The summed E-state index contributed by atoms with van der Waals surface area (Å²) in [5, 5.41) is 4.56. The molecule has 7 heteroatoms. The quantitative estimate of drug-likeness (QED) is 0.483. The number of halogens is 1. The average molecular weight is 346 g/mol. The van der Waals surface area contributed by atoms with Gasteiger partial charge in [0.15, 0.2) is 17.2 Å². The van der Waals surface area contributed by atoms with Gasteiger partial charge in [-0.2, -0.15) is 5.10 Å². The second-order valence-electron chi connectivity index (χ2n) is 5.61. The maximum absolute atomic E-state index is 14.1. The molecular weight excluding hydrogens is 335 g/mol. The van der Waals surface area contributed by atoms with Crippen LogP contribution in [0.25, 0.3) is 39.9 Å². The Kier molecular flexibility index (Phi) is 3.18. The molecule has 0 fully saturated rings. The van der Waals surface area contributed by atoms with E-state index in [4.69, 9.17) is 8.83 Å². The topological polar surface area (TPSA) is 69.4 Å². The second-order valence-corrected chi connectivity index (χ2v) is 5.61. The van der Waals surface area contributed by atoms with Gasteiger partial charge >= 0.3 is 0 Å². The molecule has 26 heavy (non-hydrogen) atoms. The van der Waals surface area contributed by atoms with Crippen molar-refractivity contribution in [2.45, 2.75) is 0 Å². The minimum Gasteiger partial charge on any atom is -0.463 e. The zero-order valence-corrected chi connectivity index (χ0v) is 13.3. The summed E-state index contributed by atoms with van der Waals surface area (Å²) in [7, 11) is 0. The van der Waals surface area contributed by atoms with Crippen molar-refractivity contribution in [3.63, 3.8) is 0 Å². The fourth-order valence-electron chi connectivity index (χ4n) is 2.78. The van der Waals surface area contributed by atoms with Crippen molar-refractivity contribution < 1.29 is 13.2 Å². The molecule has 0 radical (unpaired) electrons. The van der Waals surface area contributed by atoms with Gasteiger partial charge in [-0.05, 0) is 36.4 Å². The van der Waals surface area contributed by atoms with Crippen LogP contribution in [-0.2, 0) is 0 Å². The number of furan rings is 2. The van der Waals surface area contributed by atoms with E-state index in [1.807, 2.05) is 0 Å². The van der Waals surface area contributed by atoms with Crippen molar-refractivity contribution in [1.29, 1.82) is 0 Å². The van der Waals surface area contributed by atoms with E-state index >= 15 is 0 Å². The van der Waals surface area contributed by atoms with Crippen LogP contribution >= 0.6 is 0 Å². The van der Waals surface area contributed by atoms with Crippen molar-refractivity contribution in [3.05, 3.63) is 73.1 Å². The number of imidazole rings is 1. The minimum absolute atomic E-state index is 0.338. The summed E-state index contributed by atoms with van der Waals surface area (Å²) in [6.45, 7) is 0. The van der Waals surface area contributed by atoms with Gasteiger partial charge < -0.3 is 8.83 Å². The molecule has 4 heterocycles. The molecular formula is C19H11FN4O2. The molecule has 0 atom stereocenters. The van der Waals surface area contributed by atoms with E-state index in [1.165, 1.54) is 10.6 Å². The summed E-state index contributed by atoms with van der Waals surface area (Å²) >= 11 is 0. The zero-order valence-electron chi connectivity index (χ0n) is 13.3. The summed E-state index contributed by atoms with van der Waals surface area (Å²) in [6.07, 6.45) is 4.76. The van der Waals surface area contributed by atoms with Crippen molar-refractivity contribution in [3.8, 4) is 34.2 Å². The van der Waals surface area contributed by atoms with Crippen LogP contribution in [-0.4, -0.2) is 19.6 Å². The first-order chi connectivity index (χ1) is 12.8. The largest absolute Gasteiger partial charge is 0.463 e. The third kappa shape index (κ3) is 2.29. The van der Waals surface area contributed by atoms with Gasteiger partial charge in [0.2, 0.25) is 0 Å². The summed E-state index contributed by atoms with van der Waals surface area (Å²) in [5.41, 5.74) is 1.85. The number of benzene rings is 1. The molecule has 0 bridgehead atoms. The number of rotatable bonds is 3. The molecule has 5 aromatic rings. The Morgan fingerprint density at radius 1 is 0.808 bits per heavy atom. The van der Waals surface area contributed by atoms with E-state index in [0.717, 1.165) is 0 Å². The first-order valence-electron chi connectivity index (χ1n) is 7.90. The SMILES string of the molecule is Fc1ccccc1-c1cn2nc(-c3ccco3)c(-c3ccco3)nc2n1. The molecule has 0 N–H and O–H groups in total. The molecule has 5 rings (SSSR count). The van der Waals surface area contributed by atoms with Crippen molar-refractivity contribution >= 4 is 5.78 Å². The molecule has 0 saturated carbocycles. The fraction of sp³-hybridized carbons (Fsp3) is 0. The highest BCUT2D eigenvalue weighted by Gasteiger charge is 2.19. The lowest BCUT2D eigenvalue weighted by Crippen LogP contribution is -2.00. The van der Waals surface area contributed by atoms with Crippen LogP contribution < -0.4 is 0 Å².